The lowest BCUT2D eigenvalue weighted by Gasteiger charge is -2.36. The minimum Gasteiger partial charge on any atom is -0.497 e. The molecule has 0 unspecified atom stereocenters. The molecule has 0 amide bonds. The lowest BCUT2D eigenvalue weighted by Crippen LogP contribution is -2.47. The number of benzene rings is 2. The number of anilines is 2. The van der Waals surface area contributed by atoms with E-state index < -0.39 is 0 Å². The number of ether oxygens (including phenoxy) is 2. The predicted octanol–water partition coefficient (Wildman–Crippen LogP) is 3.49. The molecule has 6 heteroatoms. The molecule has 6 nitrogen and oxygen atoms in total. The van der Waals surface area contributed by atoms with Crippen molar-refractivity contribution in [1.29, 1.82) is 0 Å². The van der Waals surface area contributed by atoms with Crippen LogP contribution in [0.5, 0.6) is 11.5 Å². The number of methoxy groups -OCH3 is 2. The Morgan fingerprint density at radius 3 is 2.52 bits per heavy atom. The molecular formula is C23H28N4O2. The molecular weight excluding hydrogens is 364 g/mol. The second-order valence-corrected chi connectivity index (χ2v) is 7.18. The monoisotopic (exact) mass is 392 g/mol. The Balaban J connectivity index is 1.28. The first-order valence-corrected chi connectivity index (χ1v) is 10.1. The van der Waals surface area contributed by atoms with Crippen molar-refractivity contribution in [2.75, 3.05) is 63.7 Å². The third-order valence-electron chi connectivity index (χ3n) is 5.43. The molecule has 0 bridgehead atoms. The minimum absolute atomic E-state index is 0.829. The maximum atomic E-state index is 5.50. The number of piperazine rings is 1. The lowest BCUT2D eigenvalue weighted by molar-refractivity contribution is 0.266. The van der Waals surface area contributed by atoms with E-state index in [9.17, 15) is 0 Å². The number of hydrogen-bond acceptors (Lipinski definition) is 6. The fourth-order valence-electron chi connectivity index (χ4n) is 3.77. The molecule has 2 aromatic carbocycles. The molecule has 1 aromatic heterocycles. The van der Waals surface area contributed by atoms with Gasteiger partial charge in [-0.1, -0.05) is 12.1 Å². The smallest absolute Gasteiger partial charge is 0.142 e. The van der Waals surface area contributed by atoms with E-state index in [1.54, 1.807) is 14.2 Å². The molecule has 0 saturated carbocycles. The lowest BCUT2D eigenvalue weighted by atomic mass is 10.2. The van der Waals surface area contributed by atoms with Gasteiger partial charge >= 0.3 is 0 Å². The van der Waals surface area contributed by atoms with Crippen LogP contribution < -0.4 is 19.7 Å². The van der Waals surface area contributed by atoms with Gasteiger partial charge in [-0.15, -0.1) is 0 Å². The van der Waals surface area contributed by atoms with Crippen LogP contribution in [0.3, 0.4) is 0 Å². The fourth-order valence-corrected chi connectivity index (χ4v) is 3.77. The zero-order valence-electron chi connectivity index (χ0n) is 17.1. The summed E-state index contributed by atoms with van der Waals surface area (Å²) in [6.07, 6.45) is 0. The van der Waals surface area contributed by atoms with Gasteiger partial charge in [-0.3, -0.25) is 4.90 Å². The van der Waals surface area contributed by atoms with Gasteiger partial charge in [0.05, 0.1) is 25.4 Å². The van der Waals surface area contributed by atoms with Crippen LogP contribution in [0.4, 0.5) is 11.5 Å². The highest BCUT2D eigenvalue weighted by Crippen LogP contribution is 2.28. The topological polar surface area (TPSA) is 49.9 Å². The van der Waals surface area contributed by atoms with Gasteiger partial charge in [0.2, 0.25) is 0 Å². The van der Waals surface area contributed by atoms with Crippen molar-refractivity contribution in [3.8, 4) is 11.5 Å². The van der Waals surface area contributed by atoms with Crippen LogP contribution in [0.2, 0.25) is 0 Å². The Bertz CT molecular complexity index is 955. The quantitative estimate of drug-likeness (QED) is 0.664. The molecule has 1 saturated heterocycles. The summed E-state index contributed by atoms with van der Waals surface area (Å²) in [7, 11) is 3.41. The molecule has 3 aromatic rings. The average molecular weight is 393 g/mol. The van der Waals surface area contributed by atoms with E-state index in [1.807, 2.05) is 36.4 Å². The summed E-state index contributed by atoms with van der Waals surface area (Å²) >= 11 is 0. The van der Waals surface area contributed by atoms with Crippen LogP contribution in [0, 0.1) is 0 Å². The van der Waals surface area contributed by atoms with Crippen LogP contribution in [-0.2, 0) is 0 Å². The first-order valence-electron chi connectivity index (χ1n) is 10.1. The summed E-state index contributed by atoms with van der Waals surface area (Å²) in [6.45, 7) is 5.97. The molecule has 0 aliphatic carbocycles. The van der Waals surface area contributed by atoms with Crippen molar-refractivity contribution in [2.24, 2.45) is 0 Å². The Kier molecular flexibility index (Phi) is 6.00. The zero-order valence-corrected chi connectivity index (χ0v) is 17.1. The molecule has 1 aliphatic heterocycles. The number of aromatic nitrogens is 1. The highest BCUT2D eigenvalue weighted by molar-refractivity contribution is 5.81. The predicted molar refractivity (Wildman–Crippen MR) is 118 cm³/mol. The second kappa shape index (κ2) is 9.01. The highest BCUT2D eigenvalue weighted by atomic mass is 16.5. The van der Waals surface area contributed by atoms with Crippen molar-refractivity contribution in [3.05, 3.63) is 54.6 Å². The van der Waals surface area contributed by atoms with Crippen molar-refractivity contribution in [2.45, 2.75) is 0 Å². The van der Waals surface area contributed by atoms with Crippen LogP contribution in [0.1, 0.15) is 0 Å². The van der Waals surface area contributed by atoms with E-state index in [1.165, 1.54) is 5.69 Å². The maximum Gasteiger partial charge on any atom is 0.142 e. The molecule has 1 aliphatic rings. The Morgan fingerprint density at radius 2 is 1.72 bits per heavy atom. The summed E-state index contributed by atoms with van der Waals surface area (Å²) < 4.78 is 10.8. The van der Waals surface area contributed by atoms with E-state index in [0.717, 1.165) is 67.5 Å². The summed E-state index contributed by atoms with van der Waals surface area (Å²) in [5, 5.41) is 4.57. The third-order valence-corrected chi connectivity index (χ3v) is 5.43. The third kappa shape index (κ3) is 4.54. The number of rotatable bonds is 7. The number of nitrogens with zero attached hydrogens (tertiary/aromatic N) is 3. The average Bonchev–Trinajstić information content (AvgIpc) is 2.79. The molecule has 1 fully saturated rings. The van der Waals surface area contributed by atoms with Crippen molar-refractivity contribution in [1.82, 2.24) is 9.88 Å². The number of para-hydroxylation sites is 2. The Labute approximate surface area is 172 Å². The van der Waals surface area contributed by atoms with E-state index in [0.29, 0.717) is 0 Å². The molecule has 0 radical (unpaired) electrons. The summed E-state index contributed by atoms with van der Waals surface area (Å²) in [5.74, 6) is 2.68. The standard InChI is InChI=1S/C23H28N4O2/c1-28-19-9-7-18-8-10-23(25-20(18)17-19)24-11-12-26-13-15-27(16-14-26)21-5-3-4-6-22(21)29-2/h3-10,17H,11-16H2,1-2H3,(H,24,25). The highest BCUT2D eigenvalue weighted by Gasteiger charge is 2.19. The van der Waals surface area contributed by atoms with Gasteiger partial charge in [-0.05, 0) is 36.4 Å². The molecule has 29 heavy (non-hydrogen) atoms. The molecule has 152 valence electrons. The van der Waals surface area contributed by atoms with Crippen molar-refractivity contribution < 1.29 is 9.47 Å². The summed E-state index contributed by atoms with van der Waals surface area (Å²) in [5.41, 5.74) is 2.13. The number of fused-ring (bicyclic) bond motifs is 1. The molecule has 0 atom stereocenters. The van der Waals surface area contributed by atoms with Crippen LogP contribution in [-0.4, -0.2) is 63.4 Å². The van der Waals surface area contributed by atoms with Gasteiger partial charge in [0.15, 0.2) is 0 Å². The van der Waals surface area contributed by atoms with Crippen LogP contribution in [0.25, 0.3) is 10.9 Å². The van der Waals surface area contributed by atoms with Gasteiger partial charge < -0.3 is 19.7 Å². The van der Waals surface area contributed by atoms with Gasteiger partial charge in [-0.2, -0.15) is 0 Å². The first-order chi connectivity index (χ1) is 14.3. The van der Waals surface area contributed by atoms with E-state index in [-0.39, 0.29) is 0 Å². The van der Waals surface area contributed by atoms with Gasteiger partial charge in [0, 0.05) is 50.7 Å². The minimum atomic E-state index is 0.829. The molecule has 2 heterocycles. The number of hydrogen-bond donors (Lipinski definition) is 1. The van der Waals surface area contributed by atoms with Crippen LogP contribution in [0.15, 0.2) is 54.6 Å². The zero-order chi connectivity index (χ0) is 20.1. The number of pyridine rings is 1. The summed E-state index contributed by atoms with van der Waals surface area (Å²) in [4.78, 5) is 9.60. The van der Waals surface area contributed by atoms with Crippen LogP contribution >= 0.6 is 0 Å². The Hall–Kier alpha value is -2.99. The SMILES string of the molecule is COc1ccc2ccc(NCCN3CCN(c4ccccc4OC)CC3)nc2c1. The van der Waals surface area contributed by atoms with E-state index in [4.69, 9.17) is 14.5 Å². The van der Waals surface area contributed by atoms with Gasteiger partial charge in [0.25, 0.3) is 0 Å². The normalized spacial score (nSPS) is 14.8. The summed E-state index contributed by atoms with van der Waals surface area (Å²) in [6, 6.07) is 18.3. The van der Waals surface area contributed by atoms with Crippen molar-refractivity contribution in [3.63, 3.8) is 0 Å². The van der Waals surface area contributed by atoms with Gasteiger partial charge in [-0.25, -0.2) is 4.98 Å². The largest absolute Gasteiger partial charge is 0.497 e. The van der Waals surface area contributed by atoms with E-state index in [2.05, 4.69) is 33.3 Å². The second-order valence-electron chi connectivity index (χ2n) is 7.18. The molecule has 1 N–H and O–H groups in total. The number of nitrogens with one attached hydrogen (secondary N) is 1. The van der Waals surface area contributed by atoms with E-state index >= 15 is 0 Å². The Morgan fingerprint density at radius 1 is 0.931 bits per heavy atom. The molecule has 4 rings (SSSR count). The molecule has 0 spiro atoms. The fraction of sp³-hybridized carbons (Fsp3) is 0.348. The van der Waals surface area contributed by atoms with Crippen molar-refractivity contribution >= 4 is 22.4 Å². The first kappa shape index (κ1) is 19.3. The van der Waals surface area contributed by atoms with Gasteiger partial charge in [0.1, 0.15) is 17.3 Å². The maximum absolute atomic E-state index is 5.50.